The van der Waals surface area contributed by atoms with Crippen molar-refractivity contribution in [2.75, 3.05) is 11.5 Å². The molecule has 0 aliphatic carbocycles. The number of nitrogens with one attached hydrogen (secondary N) is 1. The first-order valence-electron chi connectivity index (χ1n) is 4.30. The highest BCUT2D eigenvalue weighted by molar-refractivity contribution is 5.39. The predicted molar refractivity (Wildman–Crippen MR) is 56.0 cm³/mol. The van der Waals surface area contributed by atoms with E-state index in [-0.39, 0.29) is 17.5 Å². The van der Waals surface area contributed by atoms with Gasteiger partial charge in [0.1, 0.15) is 0 Å². The van der Waals surface area contributed by atoms with E-state index in [4.69, 9.17) is 16.9 Å². The number of anilines is 2. The molecule has 0 saturated heterocycles. The van der Waals surface area contributed by atoms with Crippen LogP contribution in [-0.2, 0) is 0 Å². The molecule has 0 unspecified atom stereocenters. The third-order valence-electron chi connectivity index (χ3n) is 1.90. The average molecular weight is 202 g/mol. The Hall–Kier alpha value is -2.37. The molecule has 0 fully saturated rings. The first-order chi connectivity index (χ1) is 7.18. The van der Waals surface area contributed by atoms with Crippen molar-refractivity contribution in [3.8, 4) is 5.69 Å². The van der Waals surface area contributed by atoms with Gasteiger partial charge >= 0.3 is 0 Å². The summed E-state index contributed by atoms with van der Waals surface area (Å²) in [5.74, 6) is 0.156. The Morgan fingerprint density at radius 2 is 1.73 bits per heavy atom. The van der Waals surface area contributed by atoms with Crippen molar-refractivity contribution in [2.45, 2.75) is 0 Å². The molecule has 2 aromatic rings. The molecule has 6 heteroatoms. The van der Waals surface area contributed by atoms with Gasteiger partial charge in [-0.1, -0.05) is 18.2 Å². The quantitative estimate of drug-likeness (QED) is 0.600. The molecule has 0 bridgehead atoms. The zero-order chi connectivity index (χ0) is 10.8. The Labute approximate surface area is 85.7 Å². The number of hydrogen-bond donors (Lipinski definition) is 3. The van der Waals surface area contributed by atoms with Crippen LogP contribution in [0.1, 0.15) is 0 Å². The highest BCUT2D eigenvalue weighted by Crippen LogP contribution is 2.07. The normalized spacial score (nSPS) is 10.1. The molecule has 0 atom stereocenters. The molecular weight excluding hydrogens is 192 g/mol. The maximum Gasteiger partial charge on any atom is 0.232 e. The van der Waals surface area contributed by atoms with E-state index in [0.717, 1.165) is 5.69 Å². The molecule has 0 radical (unpaired) electrons. The third-order valence-corrected chi connectivity index (χ3v) is 1.90. The van der Waals surface area contributed by atoms with Gasteiger partial charge in [0.25, 0.3) is 0 Å². The standard InChI is InChI=1S/C9H10N6/c10-7-13-8(11)15(9(12)14-7)6-4-2-1-3-5-6/h1-5H,(H5,10,11,12,13,14). The molecule has 2 rings (SSSR count). The lowest BCUT2D eigenvalue weighted by Gasteiger charge is -2.08. The summed E-state index contributed by atoms with van der Waals surface area (Å²) in [6, 6.07) is 9.19. The van der Waals surface area contributed by atoms with Crippen molar-refractivity contribution in [3.63, 3.8) is 0 Å². The first kappa shape index (κ1) is 9.20. The summed E-state index contributed by atoms with van der Waals surface area (Å²) in [6.45, 7) is 0. The van der Waals surface area contributed by atoms with Crippen LogP contribution in [0.5, 0.6) is 0 Å². The molecule has 15 heavy (non-hydrogen) atoms. The van der Waals surface area contributed by atoms with E-state index in [1.165, 1.54) is 4.57 Å². The SMILES string of the molecule is N=c1nc(N)nc(N)n1-c1ccccc1. The van der Waals surface area contributed by atoms with Crippen LogP contribution >= 0.6 is 0 Å². The van der Waals surface area contributed by atoms with Crippen LogP contribution in [0.2, 0.25) is 0 Å². The fourth-order valence-corrected chi connectivity index (χ4v) is 1.29. The van der Waals surface area contributed by atoms with Gasteiger partial charge in [-0.15, -0.1) is 0 Å². The van der Waals surface area contributed by atoms with Crippen LogP contribution in [0.4, 0.5) is 11.9 Å². The molecule has 76 valence electrons. The van der Waals surface area contributed by atoms with Gasteiger partial charge < -0.3 is 11.5 Å². The molecule has 0 aliphatic heterocycles. The Morgan fingerprint density at radius 3 is 2.33 bits per heavy atom. The summed E-state index contributed by atoms with van der Waals surface area (Å²) in [6.07, 6.45) is 0. The summed E-state index contributed by atoms with van der Waals surface area (Å²) in [5, 5.41) is 7.64. The summed E-state index contributed by atoms with van der Waals surface area (Å²) in [7, 11) is 0. The fourth-order valence-electron chi connectivity index (χ4n) is 1.29. The third kappa shape index (κ3) is 1.64. The van der Waals surface area contributed by atoms with Crippen LogP contribution in [0.15, 0.2) is 30.3 Å². The number of nitrogens with two attached hydrogens (primary N) is 2. The molecule has 5 N–H and O–H groups in total. The number of rotatable bonds is 1. The molecule has 1 aromatic heterocycles. The van der Waals surface area contributed by atoms with Crippen LogP contribution in [0, 0.1) is 5.41 Å². The van der Waals surface area contributed by atoms with Crippen LogP contribution < -0.4 is 17.1 Å². The Kier molecular flexibility index (Phi) is 2.09. The Bertz CT molecular complexity index is 530. The van der Waals surface area contributed by atoms with Crippen molar-refractivity contribution in [1.82, 2.24) is 14.5 Å². The smallest absolute Gasteiger partial charge is 0.232 e. The number of benzene rings is 1. The molecule has 1 heterocycles. The summed E-state index contributed by atoms with van der Waals surface area (Å²) >= 11 is 0. The van der Waals surface area contributed by atoms with E-state index in [1.807, 2.05) is 30.3 Å². The second kappa shape index (κ2) is 3.41. The lowest BCUT2D eigenvalue weighted by Crippen LogP contribution is -2.26. The zero-order valence-corrected chi connectivity index (χ0v) is 7.88. The lowest BCUT2D eigenvalue weighted by molar-refractivity contribution is 0.828. The monoisotopic (exact) mass is 202 g/mol. The number of aromatic nitrogens is 3. The molecule has 1 aromatic carbocycles. The Balaban J connectivity index is 2.69. The summed E-state index contributed by atoms with van der Waals surface area (Å²) in [4.78, 5) is 7.53. The molecule has 0 saturated carbocycles. The van der Waals surface area contributed by atoms with E-state index in [2.05, 4.69) is 9.97 Å². The van der Waals surface area contributed by atoms with E-state index in [1.54, 1.807) is 0 Å². The molecule has 0 amide bonds. The highest BCUT2D eigenvalue weighted by atomic mass is 15.2. The van der Waals surface area contributed by atoms with Crippen LogP contribution in [0.25, 0.3) is 5.69 Å². The maximum atomic E-state index is 7.64. The number of nitrogen functional groups attached to an aromatic ring is 2. The molecule has 0 aliphatic rings. The minimum absolute atomic E-state index is 0.00433. The van der Waals surface area contributed by atoms with Gasteiger partial charge in [-0.3, -0.25) is 5.41 Å². The van der Waals surface area contributed by atoms with E-state index < -0.39 is 0 Å². The second-order valence-electron chi connectivity index (χ2n) is 2.93. The van der Waals surface area contributed by atoms with Crippen molar-refractivity contribution in [1.29, 1.82) is 5.41 Å². The van der Waals surface area contributed by atoms with E-state index in [0.29, 0.717) is 0 Å². The largest absolute Gasteiger partial charge is 0.369 e. The lowest BCUT2D eigenvalue weighted by atomic mass is 10.3. The number of nitrogens with zero attached hydrogens (tertiary/aromatic N) is 3. The zero-order valence-electron chi connectivity index (χ0n) is 7.88. The van der Waals surface area contributed by atoms with Gasteiger partial charge in [-0.25, -0.2) is 4.57 Å². The van der Waals surface area contributed by atoms with Crippen LogP contribution in [-0.4, -0.2) is 14.5 Å². The van der Waals surface area contributed by atoms with Crippen molar-refractivity contribution >= 4 is 11.9 Å². The van der Waals surface area contributed by atoms with Crippen molar-refractivity contribution in [3.05, 3.63) is 36.0 Å². The topological polar surface area (TPSA) is 107 Å². The van der Waals surface area contributed by atoms with Gasteiger partial charge in [0.2, 0.25) is 17.5 Å². The summed E-state index contributed by atoms with van der Waals surface area (Å²) in [5.41, 5.74) is 11.7. The van der Waals surface area contributed by atoms with Crippen molar-refractivity contribution in [2.24, 2.45) is 0 Å². The van der Waals surface area contributed by atoms with Crippen molar-refractivity contribution < 1.29 is 0 Å². The predicted octanol–water partition coefficient (Wildman–Crippen LogP) is -0.0888. The van der Waals surface area contributed by atoms with Gasteiger partial charge in [-0.2, -0.15) is 9.97 Å². The van der Waals surface area contributed by atoms with E-state index in [9.17, 15) is 0 Å². The molecule has 6 nitrogen and oxygen atoms in total. The van der Waals surface area contributed by atoms with Gasteiger partial charge in [0, 0.05) is 0 Å². The minimum atomic E-state index is -0.0359. The molecular formula is C9H10N6. The van der Waals surface area contributed by atoms with Gasteiger partial charge in [0.05, 0.1) is 5.69 Å². The Morgan fingerprint density at radius 1 is 1.07 bits per heavy atom. The summed E-state index contributed by atoms with van der Waals surface area (Å²) < 4.78 is 1.41. The van der Waals surface area contributed by atoms with E-state index >= 15 is 0 Å². The fraction of sp³-hybridized carbons (Fsp3) is 0. The average Bonchev–Trinajstić information content (AvgIpc) is 2.17. The second-order valence-corrected chi connectivity index (χ2v) is 2.93. The highest BCUT2D eigenvalue weighted by Gasteiger charge is 2.04. The van der Waals surface area contributed by atoms with Gasteiger partial charge in [-0.05, 0) is 12.1 Å². The maximum absolute atomic E-state index is 7.64. The van der Waals surface area contributed by atoms with Gasteiger partial charge in [0.15, 0.2) is 0 Å². The number of para-hydroxylation sites is 1. The first-order valence-corrected chi connectivity index (χ1v) is 4.30. The number of hydrogen-bond acceptors (Lipinski definition) is 5. The molecule has 0 spiro atoms. The minimum Gasteiger partial charge on any atom is -0.369 e. The van der Waals surface area contributed by atoms with Crippen LogP contribution in [0.3, 0.4) is 0 Å².